The average molecular weight is 231 g/mol. The van der Waals surface area contributed by atoms with Crippen molar-refractivity contribution < 1.29 is 4.79 Å². The van der Waals surface area contributed by atoms with Crippen molar-refractivity contribution in [2.24, 2.45) is 5.92 Å². The molecule has 4 heteroatoms. The number of nitrogens with one attached hydrogen (secondary N) is 2. The molecule has 0 aromatic carbocycles. The highest BCUT2D eigenvalue weighted by atomic mass is 16.1. The highest BCUT2D eigenvalue weighted by molar-refractivity contribution is 5.92. The summed E-state index contributed by atoms with van der Waals surface area (Å²) in [7, 11) is 0. The zero-order valence-electron chi connectivity index (χ0n) is 9.78. The molecule has 1 aliphatic rings. The van der Waals surface area contributed by atoms with Crippen LogP contribution in [0.1, 0.15) is 42.6 Å². The van der Waals surface area contributed by atoms with Crippen molar-refractivity contribution in [2.75, 3.05) is 0 Å². The minimum atomic E-state index is -0.0290. The van der Waals surface area contributed by atoms with Gasteiger partial charge >= 0.3 is 0 Å². The summed E-state index contributed by atoms with van der Waals surface area (Å²) < 4.78 is 0. The van der Waals surface area contributed by atoms with E-state index in [-0.39, 0.29) is 11.9 Å². The molecule has 2 N–H and O–H groups in total. The summed E-state index contributed by atoms with van der Waals surface area (Å²) in [6.07, 6.45) is 6.46. The maximum absolute atomic E-state index is 11.8. The van der Waals surface area contributed by atoms with Gasteiger partial charge in [0.15, 0.2) is 0 Å². The Bertz CT molecular complexity index is 397. The lowest BCUT2D eigenvalue weighted by molar-refractivity contribution is 0.0917. The number of carbonyl (C=O) groups is 1. The van der Waals surface area contributed by atoms with Gasteiger partial charge in [0.2, 0.25) is 0 Å². The first-order valence-corrected chi connectivity index (χ1v) is 6.11. The minimum Gasteiger partial charge on any atom is -0.357 e. The number of carbonyl (C=O) groups excluding carboxylic acids is 1. The molecule has 4 nitrogen and oxygen atoms in total. The van der Waals surface area contributed by atoms with Crippen molar-refractivity contribution in [1.82, 2.24) is 10.3 Å². The molecule has 0 saturated heterocycles. The van der Waals surface area contributed by atoms with Gasteiger partial charge in [-0.2, -0.15) is 5.26 Å². The van der Waals surface area contributed by atoms with E-state index in [1.54, 1.807) is 12.3 Å². The Balaban J connectivity index is 1.79. The molecule has 1 saturated carbocycles. The van der Waals surface area contributed by atoms with Crippen LogP contribution in [-0.4, -0.2) is 16.9 Å². The molecule has 17 heavy (non-hydrogen) atoms. The maximum Gasteiger partial charge on any atom is 0.267 e. The quantitative estimate of drug-likeness (QED) is 0.837. The Morgan fingerprint density at radius 1 is 1.47 bits per heavy atom. The van der Waals surface area contributed by atoms with Crippen LogP contribution in [0.4, 0.5) is 0 Å². The summed E-state index contributed by atoms with van der Waals surface area (Å²) >= 11 is 0. The molecule has 90 valence electrons. The van der Waals surface area contributed by atoms with Crippen LogP contribution in [0.2, 0.25) is 0 Å². The Morgan fingerprint density at radius 3 is 2.82 bits per heavy atom. The van der Waals surface area contributed by atoms with Crippen LogP contribution < -0.4 is 5.32 Å². The molecule has 0 aliphatic heterocycles. The number of H-pyrrole nitrogens is 1. The van der Waals surface area contributed by atoms with Crippen molar-refractivity contribution in [3.8, 4) is 6.07 Å². The normalized spacial score (nSPS) is 23.9. The topological polar surface area (TPSA) is 68.7 Å². The molecule has 1 heterocycles. The van der Waals surface area contributed by atoms with Crippen LogP contribution in [0.25, 0.3) is 0 Å². The first kappa shape index (κ1) is 11.7. The number of nitriles is 1. The number of hydrogen-bond acceptors (Lipinski definition) is 2. The fraction of sp³-hybridized carbons (Fsp3) is 0.538. The molecule has 0 radical (unpaired) electrons. The lowest BCUT2D eigenvalue weighted by Crippen LogP contribution is -2.37. The van der Waals surface area contributed by atoms with Gasteiger partial charge in [-0.15, -0.1) is 0 Å². The van der Waals surface area contributed by atoms with E-state index in [1.165, 1.54) is 0 Å². The molecule has 0 bridgehead atoms. The third-order valence-corrected chi connectivity index (χ3v) is 3.40. The van der Waals surface area contributed by atoms with Gasteiger partial charge < -0.3 is 10.3 Å². The zero-order chi connectivity index (χ0) is 12.1. The highest BCUT2D eigenvalue weighted by Gasteiger charge is 2.22. The molecule has 1 aromatic heterocycles. The summed E-state index contributed by atoms with van der Waals surface area (Å²) in [5, 5.41) is 11.7. The zero-order valence-corrected chi connectivity index (χ0v) is 9.78. The number of amides is 1. The number of aromatic nitrogens is 1. The molecule has 2 rings (SSSR count). The van der Waals surface area contributed by atoms with E-state index in [1.807, 2.05) is 6.07 Å². The second kappa shape index (κ2) is 5.53. The van der Waals surface area contributed by atoms with Crippen molar-refractivity contribution in [3.63, 3.8) is 0 Å². The van der Waals surface area contributed by atoms with Gasteiger partial charge in [-0.05, 0) is 43.7 Å². The fourth-order valence-corrected chi connectivity index (χ4v) is 2.37. The van der Waals surface area contributed by atoms with Gasteiger partial charge in [-0.1, -0.05) is 0 Å². The Hall–Kier alpha value is -1.76. The van der Waals surface area contributed by atoms with Gasteiger partial charge in [-0.3, -0.25) is 4.79 Å². The van der Waals surface area contributed by atoms with E-state index >= 15 is 0 Å². The third kappa shape index (κ3) is 3.10. The molecule has 0 atom stereocenters. The molecular weight excluding hydrogens is 214 g/mol. The monoisotopic (exact) mass is 231 g/mol. The first-order valence-electron chi connectivity index (χ1n) is 6.11. The lowest BCUT2D eigenvalue weighted by Gasteiger charge is -2.27. The predicted molar refractivity (Wildman–Crippen MR) is 64.2 cm³/mol. The highest BCUT2D eigenvalue weighted by Crippen LogP contribution is 2.26. The van der Waals surface area contributed by atoms with Crippen molar-refractivity contribution in [3.05, 3.63) is 24.0 Å². The third-order valence-electron chi connectivity index (χ3n) is 3.40. The Morgan fingerprint density at radius 2 is 2.24 bits per heavy atom. The number of aromatic amines is 1. The molecule has 0 spiro atoms. The van der Waals surface area contributed by atoms with E-state index in [0.717, 1.165) is 25.7 Å². The summed E-state index contributed by atoms with van der Waals surface area (Å²) in [5.41, 5.74) is 0.615. The largest absolute Gasteiger partial charge is 0.357 e. The first-order chi connectivity index (χ1) is 8.29. The second-order valence-electron chi connectivity index (χ2n) is 4.64. The van der Waals surface area contributed by atoms with E-state index in [4.69, 9.17) is 5.26 Å². The van der Waals surface area contributed by atoms with Gasteiger partial charge in [-0.25, -0.2) is 0 Å². The summed E-state index contributed by atoms with van der Waals surface area (Å²) in [6, 6.07) is 6.08. The minimum absolute atomic E-state index is 0.0290. The second-order valence-corrected chi connectivity index (χ2v) is 4.64. The van der Waals surface area contributed by atoms with E-state index in [0.29, 0.717) is 18.0 Å². The molecule has 0 unspecified atom stereocenters. The fourth-order valence-electron chi connectivity index (χ4n) is 2.37. The standard InChI is InChI=1S/C13H17N3O/c14-8-7-10-3-5-11(6-4-10)16-13(17)12-2-1-9-15-12/h1-2,9-11,15H,3-7H2,(H,16,17). The van der Waals surface area contributed by atoms with Gasteiger partial charge in [0.05, 0.1) is 6.07 Å². The SMILES string of the molecule is N#CCC1CCC(NC(=O)c2ccc[nH]2)CC1. The van der Waals surface area contributed by atoms with Gasteiger partial charge in [0.1, 0.15) is 5.69 Å². The van der Waals surface area contributed by atoms with Crippen LogP contribution in [0.5, 0.6) is 0 Å². The van der Waals surface area contributed by atoms with Crippen molar-refractivity contribution in [2.45, 2.75) is 38.1 Å². The summed E-state index contributed by atoms with van der Waals surface area (Å²) in [5.74, 6) is 0.498. The Labute approximate surface area is 101 Å². The van der Waals surface area contributed by atoms with Crippen LogP contribution in [0.3, 0.4) is 0 Å². The smallest absolute Gasteiger partial charge is 0.267 e. The van der Waals surface area contributed by atoms with Crippen molar-refractivity contribution >= 4 is 5.91 Å². The molecular formula is C13H17N3O. The van der Waals surface area contributed by atoms with E-state index in [2.05, 4.69) is 16.4 Å². The number of hydrogen-bond donors (Lipinski definition) is 2. The molecule has 1 aromatic rings. The van der Waals surface area contributed by atoms with Crippen molar-refractivity contribution in [1.29, 1.82) is 5.26 Å². The van der Waals surface area contributed by atoms with E-state index < -0.39 is 0 Å². The van der Waals surface area contributed by atoms with Crippen LogP contribution in [0, 0.1) is 17.2 Å². The summed E-state index contributed by atoms with van der Waals surface area (Å²) in [6.45, 7) is 0. The van der Waals surface area contributed by atoms with Crippen LogP contribution >= 0.6 is 0 Å². The summed E-state index contributed by atoms with van der Waals surface area (Å²) in [4.78, 5) is 14.7. The van der Waals surface area contributed by atoms with Gasteiger partial charge in [0.25, 0.3) is 5.91 Å². The number of rotatable bonds is 3. The van der Waals surface area contributed by atoms with E-state index in [9.17, 15) is 4.79 Å². The predicted octanol–water partition coefficient (Wildman–Crippen LogP) is 2.22. The lowest BCUT2D eigenvalue weighted by atomic mass is 9.84. The Kier molecular flexibility index (Phi) is 3.81. The van der Waals surface area contributed by atoms with Crippen LogP contribution in [0.15, 0.2) is 18.3 Å². The maximum atomic E-state index is 11.8. The van der Waals surface area contributed by atoms with Crippen LogP contribution in [-0.2, 0) is 0 Å². The molecule has 1 aliphatic carbocycles. The average Bonchev–Trinajstić information content (AvgIpc) is 2.86. The molecule has 1 amide bonds. The van der Waals surface area contributed by atoms with Gasteiger partial charge in [0, 0.05) is 18.7 Å². The molecule has 1 fully saturated rings. The number of nitrogens with zero attached hydrogens (tertiary/aromatic N) is 1.